The lowest BCUT2D eigenvalue weighted by atomic mass is 9.80. The van der Waals surface area contributed by atoms with Crippen LogP contribution in [-0.4, -0.2) is 28.9 Å². The van der Waals surface area contributed by atoms with Gasteiger partial charge in [0, 0.05) is 24.1 Å². The number of thiocarbonyl (C=S) groups is 1. The fourth-order valence-corrected chi connectivity index (χ4v) is 3.54. The lowest BCUT2D eigenvalue weighted by Gasteiger charge is -2.38. The van der Waals surface area contributed by atoms with Crippen molar-refractivity contribution >= 4 is 23.1 Å². The molecule has 0 atom stereocenters. The van der Waals surface area contributed by atoms with E-state index in [0.717, 1.165) is 44.3 Å². The van der Waals surface area contributed by atoms with Crippen molar-refractivity contribution in [3.05, 3.63) is 34.9 Å². The molecule has 1 amide bonds. The van der Waals surface area contributed by atoms with Gasteiger partial charge in [0.15, 0.2) is 0 Å². The predicted octanol–water partition coefficient (Wildman–Crippen LogP) is 2.70. The summed E-state index contributed by atoms with van der Waals surface area (Å²) < 4.78 is 0. The highest BCUT2D eigenvalue weighted by Gasteiger charge is 2.34. The van der Waals surface area contributed by atoms with Crippen molar-refractivity contribution < 1.29 is 4.79 Å². The summed E-state index contributed by atoms with van der Waals surface area (Å²) >= 11 is 5.16. The molecular formula is C17H22N2OS. The third-order valence-electron chi connectivity index (χ3n) is 5.09. The SMILES string of the molecule is CC1(C(N)=S)CCN(C(=O)c2ccc3c(c2)CCC3)CC1. The van der Waals surface area contributed by atoms with Gasteiger partial charge in [-0.3, -0.25) is 4.79 Å². The molecule has 0 saturated carbocycles. The predicted molar refractivity (Wildman–Crippen MR) is 88.5 cm³/mol. The maximum atomic E-state index is 12.6. The molecule has 0 bridgehead atoms. The first-order valence-electron chi connectivity index (χ1n) is 7.71. The minimum atomic E-state index is -0.0932. The quantitative estimate of drug-likeness (QED) is 0.854. The Kier molecular flexibility index (Phi) is 3.74. The fourth-order valence-electron chi connectivity index (χ4n) is 3.34. The number of hydrogen-bond acceptors (Lipinski definition) is 2. The molecule has 1 heterocycles. The number of carbonyl (C=O) groups is 1. The van der Waals surface area contributed by atoms with E-state index in [2.05, 4.69) is 19.1 Å². The lowest BCUT2D eigenvalue weighted by molar-refractivity contribution is 0.0670. The average molecular weight is 302 g/mol. The van der Waals surface area contributed by atoms with Crippen LogP contribution in [0.25, 0.3) is 0 Å². The summed E-state index contributed by atoms with van der Waals surface area (Å²) in [5.74, 6) is 0.148. The monoisotopic (exact) mass is 302 g/mol. The molecule has 0 unspecified atom stereocenters. The number of fused-ring (bicyclic) bond motifs is 1. The van der Waals surface area contributed by atoms with Gasteiger partial charge in [-0.25, -0.2) is 0 Å². The number of nitrogens with two attached hydrogens (primary N) is 1. The summed E-state index contributed by atoms with van der Waals surface area (Å²) in [5.41, 5.74) is 9.32. The Morgan fingerprint density at radius 3 is 2.57 bits per heavy atom. The summed E-state index contributed by atoms with van der Waals surface area (Å²) in [4.78, 5) is 15.2. The molecule has 1 aromatic rings. The number of rotatable bonds is 2. The number of hydrogen-bond donors (Lipinski definition) is 1. The molecule has 4 heteroatoms. The van der Waals surface area contributed by atoms with Gasteiger partial charge in [0.05, 0.1) is 4.99 Å². The van der Waals surface area contributed by atoms with Crippen LogP contribution in [0.5, 0.6) is 0 Å². The highest BCUT2D eigenvalue weighted by atomic mass is 32.1. The number of amides is 1. The van der Waals surface area contributed by atoms with Crippen LogP contribution in [0.3, 0.4) is 0 Å². The summed E-state index contributed by atoms with van der Waals surface area (Å²) in [6, 6.07) is 6.19. The molecule has 1 saturated heterocycles. The molecule has 0 radical (unpaired) electrons. The van der Waals surface area contributed by atoms with Crippen molar-refractivity contribution in [3.63, 3.8) is 0 Å². The Bertz CT molecular complexity index is 588. The Labute approximate surface area is 131 Å². The van der Waals surface area contributed by atoms with Gasteiger partial charge in [0.1, 0.15) is 0 Å². The van der Waals surface area contributed by atoms with Crippen molar-refractivity contribution in [2.45, 2.75) is 39.0 Å². The number of likely N-dealkylation sites (tertiary alicyclic amines) is 1. The fraction of sp³-hybridized carbons (Fsp3) is 0.529. The topological polar surface area (TPSA) is 46.3 Å². The Balaban J connectivity index is 1.71. The van der Waals surface area contributed by atoms with E-state index in [1.807, 2.05) is 11.0 Å². The zero-order valence-electron chi connectivity index (χ0n) is 12.5. The Hall–Kier alpha value is -1.42. The van der Waals surface area contributed by atoms with Crippen molar-refractivity contribution in [3.8, 4) is 0 Å². The molecule has 1 aromatic carbocycles. The molecule has 2 N–H and O–H groups in total. The van der Waals surface area contributed by atoms with Crippen LogP contribution in [0.1, 0.15) is 47.7 Å². The van der Waals surface area contributed by atoms with E-state index in [-0.39, 0.29) is 11.3 Å². The van der Waals surface area contributed by atoms with E-state index in [9.17, 15) is 4.79 Å². The molecule has 0 spiro atoms. The van der Waals surface area contributed by atoms with Gasteiger partial charge in [0.2, 0.25) is 0 Å². The van der Waals surface area contributed by atoms with Crippen molar-refractivity contribution in [1.29, 1.82) is 0 Å². The largest absolute Gasteiger partial charge is 0.393 e. The molecule has 1 aliphatic carbocycles. The Morgan fingerprint density at radius 1 is 1.24 bits per heavy atom. The number of carbonyl (C=O) groups excluding carboxylic acids is 1. The van der Waals surface area contributed by atoms with Crippen molar-refractivity contribution in [1.82, 2.24) is 4.90 Å². The third-order valence-corrected chi connectivity index (χ3v) is 5.59. The van der Waals surface area contributed by atoms with Crippen LogP contribution < -0.4 is 5.73 Å². The number of piperidine rings is 1. The summed E-state index contributed by atoms with van der Waals surface area (Å²) in [7, 11) is 0. The molecule has 2 aliphatic rings. The maximum absolute atomic E-state index is 12.6. The molecule has 0 aromatic heterocycles. The highest BCUT2D eigenvalue weighted by Crippen LogP contribution is 2.32. The van der Waals surface area contributed by atoms with Crippen LogP contribution in [0.15, 0.2) is 18.2 Å². The molecule has 112 valence electrons. The van der Waals surface area contributed by atoms with Gasteiger partial charge in [-0.15, -0.1) is 0 Å². The maximum Gasteiger partial charge on any atom is 0.253 e. The number of nitrogens with zero attached hydrogens (tertiary/aromatic N) is 1. The minimum absolute atomic E-state index is 0.0932. The second-order valence-electron chi connectivity index (χ2n) is 6.55. The molecular weight excluding hydrogens is 280 g/mol. The zero-order chi connectivity index (χ0) is 15.0. The van der Waals surface area contributed by atoms with Gasteiger partial charge in [-0.1, -0.05) is 25.2 Å². The van der Waals surface area contributed by atoms with E-state index in [0.29, 0.717) is 4.99 Å². The summed E-state index contributed by atoms with van der Waals surface area (Å²) in [5, 5.41) is 0. The summed E-state index contributed by atoms with van der Waals surface area (Å²) in [6.07, 6.45) is 5.19. The Morgan fingerprint density at radius 2 is 1.90 bits per heavy atom. The average Bonchev–Trinajstić information content (AvgIpc) is 2.94. The van der Waals surface area contributed by atoms with E-state index < -0.39 is 0 Å². The standard InChI is InChI=1S/C17H22N2OS/c1-17(16(18)21)7-9-19(10-8-17)15(20)14-6-5-12-3-2-4-13(12)11-14/h5-6,11H,2-4,7-10H2,1H3,(H2,18,21). The summed E-state index contributed by atoms with van der Waals surface area (Å²) in [6.45, 7) is 3.58. The van der Waals surface area contributed by atoms with Gasteiger partial charge in [-0.2, -0.15) is 0 Å². The van der Waals surface area contributed by atoms with Crippen LogP contribution in [-0.2, 0) is 12.8 Å². The third kappa shape index (κ3) is 2.69. The zero-order valence-corrected chi connectivity index (χ0v) is 13.3. The van der Waals surface area contributed by atoms with E-state index in [1.54, 1.807) is 0 Å². The van der Waals surface area contributed by atoms with E-state index in [1.165, 1.54) is 17.5 Å². The lowest BCUT2D eigenvalue weighted by Crippen LogP contribution is -2.46. The van der Waals surface area contributed by atoms with Crippen LogP contribution in [0, 0.1) is 5.41 Å². The minimum Gasteiger partial charge on any atom is -0.393 e. The van der Waals surface area contributed by atoms with Crippen molar-refractivity contribution in [2.75, 3.05) is 13.1 Å². The normalized spacial score (nSPS) is 20.1. The van der Waals surface area contributed by atoms with Crippen LogP contribution >= 0.6 is 12.2 Å². The first-order valence-corrected chi connectivity index (χ1v) is 8.11. The van der Waals surface area contributed by atoms with E-state index in [4.69, 9.17) is 18.0 Å². The number of benzene rings is 1. The van der Waals surface area contributed by atoms with Gasteiger partial charge in [-0.05, 0) is 55.4 Å². The van der Waals surface area contributed by atoms with Crippen LogP contribution in [0.4, 0.5) is 0 Å². The molecule has 21 heavy (non-hydrogen) atoms. The highest BCUT2D eigenvalue weighted by molar-refractivity contribution is 7.80. The van der Waals surface area contributed by atoms with Crippen molar-refractivity contribution in [2.24, 2.45) is 11.1 Å². The first kappa shape index (κ1) is 14.5. The molecule has 1 aliphatic heterocycles. The molecule has 3 nitrogen and oxygen atoms in total. The van der Waals surface area contributed by atoms with Gasteiger partial charge in [0.25, 0.3) is 5.91 Å². The van der Waals surface area contributed by atoms with E-state index >= 15 is 0 Å². The molecule has 3 rings (SSSR count). The first-order chi connectivity index (χ1) is 9.99. The smallest absolute Gasteiger partial charge is 0.253 e. The molecule has 1 fully saturated rings. The second-order valence-corrected chi connectivity index (χ2v) is 6.99. The number of aryl methyl sites for hydroxylation is 2. The van der Waals surface area contributed by atoms with Gasteiger partial charge < -0.3 is 10.6 Å². The second kappa shape index (κ2) is 5.41. The van der Waals surface area contributed by atoms with Gasteiger partial charge >= 0.3 is 0 Å². The van der Waals surface area contributed by atoms with Crippen LogP contribution in [0.2, 0.25) is 0 Å².